The fourth-order valence-corrected chi connectivity index (χ4v) is 10.8. The van der Waals surface area contributed by atoms with E-state index in [1.165, 1.54) is 5.57 Å². The lowest BCUT2D eigenvalue weighted by atomic mass is 9.33. The predicted molar refractivity (Wildman–Crippen MR) is 134 cm³/mol. The Morgan fingerprint density at radius 3 is 2.18 bits per heavy atom. The maximum Gasteiger partial charge on any atom is 0.310 e. The second-order valence-corrected chi connectivity index (χ2v) is 15.2. The van der Waals surface area contributed by atoms with Gasteiger partial charge in [0.1, 0.15) is 0 Å². The Morgan fingerprint density at radius 1 is 0.882 bits per heavy atom. The molecular formula is C30H48O4. The van der Waals surface area contributed by atoms with E-state index in [1.54, 1.807) is 0 Å². The molecule has 4 fully saturated rings. The van der Waals surface area contributed by atoms with Crippen LogP contribution in [0.1, 0.15) is 106 Å². The van der Waals surface area contributed by atoms with E-state index in [9.17, 15) is 20.1 Å². The zero-order valence-electron chi connectivity index (χ0n) is 22.6. The number of allylic oxidation sites excluding steroid dienone is 2. The van der Waals surface area contributed by atoms with Crippen LogP contribution in [0.4, 0.5) is 0 Å². The van der Waals surface area contributed by atoms with Crippen molar-refractivity contribution in [1.82, 2.24) is 0 Å². The molecule has 0 aromatic rings. The molecule has 5 aliphatic carbocycles. The lowest BCUT2D eigenvalue weighted by Crippen LogP contribution is -2.67. The van der Waals surface area contributed by atoms with Crippen LogP contribution in [-0.2, 0) is 4.79 Å². The van der Waals surface area contributed by atoms with E-state index in [1.807, 2.05) is 0 Å². The quantitative estimate of drug-likeness (QED) is 0.397. The van der Waals surface area contributed by atoms with E-state index < -0.39 is 23.6 Å². The van der Waals surface area contributed by atoms with Crippen molar-refractivity contribution in [2.75, 3.05) is 0 Å². The third-order valence-corrected chi connectivity index (χ3v) is 13.0. The van der Waals surface area contributed by atoms with Gasteiger partial charge in [-0.25, -0.2) is 0 Å². The highest BCUT2D eigenvalue weighted by atomic mass is 16.4. The average molecular weight is 473 g/mol. The number of carboxylic acids is 1. The normalized spacial score (nSPS) is 53.4. The van der Waals surface area contributed by atoms with E-state index in [2.05, 4.69) is 54.5 Å². The fourth-order valence-electron chi connectivity index (χ4n) is 10.8. The van der Waals surface area contributed by atoms with Crippen LogP contribution in [0.5, 0.6) is 0 Å². The number of aliphatic hydroxyl groups excluding tert-OH is 2. The molecule has 9 atom stereocenters. The minimum Gasteiger partial charge on any atom is -0.481 e. The molecule has 34 heavy (non-hydrogen) atoms. The fraction of sp³-hybridized carbons (Fsp3) is 0.900. The standard InChI is InChI=1S/C30H48O4/c1-25(2)12-14-30(24(33)34)15-13-28(6)18(19(30)16-25)8-9-22-27(5)17-20(31)23(32)26(3,4)21(27)10-11-29(22,28)7/h8,19-23,31-32H,9-17H2,1-7H3,(H,33,34)/t19-,20-,21+,22-,23-,27+,28-,29-,30+/m1/s1. The second kappa shape index (κ2) is 7.12. The molecule has 0 aromatic carbocycles. The Bertz CT molecular complexity index is 919. The zero-order chi connectivity index (χ0) is 25.1. The minimum absolute atomic E-state index is 0.00785. The molecule has 3 N–H and O–H groups in total. The molecule has 4 nitrogen and oxygen atoms in total. The summed E-state index contributed by atoms with van der Waals surface area (Å²) in [5.41, 5.74) is 0.754. The molecule has 0 aliphatic heterocycles. The second-order valence-electron chi connectivity index (χ2n) is 15.2. The van der Waals surface area contributed by atoms with Crippen molar-refractivity contribution in [3.63, 3.8) is 0 Å². The molecule has 4 saturated carbocycles. The lowest BCUT2D eigenvalue weighted by molar-refractivity contribution is -0.231. The van der Waals surface area contributed by atoms with E-state index in [-0.39, 0.29) is 33.0 Å². The van der Waals surface area contributed by atoms with Crippen molar-refractivity contribution in [3.05, 3.63) is 11.6 Å². The summed E-state index contributed by atoms with van der Waals surface area (Å²) >= 11 is 0. The number of hydrogen-bond donors (Lipinski definition) is 3. The number of carbonyl (C=O) groups is 1. The monoisotopic (exact) mass is 472 g/mol. The van der Waals surface area contributed by atoms with Gasteiger partial charge < -0.3 is 15.3 Å². The molecule has 5 rings (SSSR count). The number of carboxylic acid groups (broad SMARTS) is 1. The lowest BCUT2D eigenvalue weighted by Gasteiger charge is -2.71. The van der Waals surface area contributed by atoms with Crippen molar-refractivity contribution >= 4 is 5.97 Å². The maximum absolute atomic E-state index is 12.8. The summed E-state index contributed by atoms with van der Waals surface area (Å²) in [4.78, 5) is 12.8. The molecule has 0 radical (unpaired) electrons. The van der Waals surface area contributed by atoms with E-state index in [0.717, 1.165) is 51.4 Å². The van der Waals surface area contributed by atoms with Gasteiger partial charge in [-0.3, -0.25) is 4.79 Å². The van der Waals surface area contributed by atoms with E-state index >= 15 is 0 Å². The molecule has 0 bridgehead atoms. The third-order valence-electron chi connectivity index (χ3n) is 13.0. The number of hydrogen-bond acceptors (Lipinski definition) is 3. The third kappa shape index (κ3) is 2.88. The molecule has 4 heteroatoms. The van der Waals surface area contributed by atoms with Crippen LogP contribution in [0.15, 0.2) is 11.6 Å². The number of aliphatic hydroxyl groups is 2. The highest BCUT2D eigenvalue weighted by Crippen LogP contribution is 2.75. The molecule has 192 valence electrons. The van der Waals surface area contributed by atoms with Crippen molar-refractivity contribution < 1.29 is 20.1 Å². The van der Waals surface area contributed by atoms with Gasteiger partial charge in [0.05, 0.1) is 17.6 Å². The molecule has 0 spiro atoms. The first-order valence-corrected chi connectivity index (χ1v) is 13.9. The van der Waals surface area contributed by atoms with Crippen LogP contribution in [0.25, 0.3) is 0 Å². The van der Waals surface area contributed by atoms with Crippen molar-refractivity contribution in [1.29, 1.82) is 0 Å². The molecule has 0 unspecified atom stereocenters. The first kappa shape index (κ1) is 24.8. The van der Waals surface area contributed by atoms with Crippen LogP contribution < -0.4 is 0 Å². The SMILES string of the molecule is CC1(C)CC[C@]2(C(=O)O)CC[C@]3(C)C(=CC[C@@H]4[C@@]5(C)C[C@@H](O)[C@@H](O)C(C)(C)[C@@H]5CC[C@]43C)[C@H]2C1. The van der Waals surface area contributed by atoms with Crippen LogP contribution in [0.2, 0.25) is 0 Å². The summed E-state index contributed by atoms with van der Waals surface area (Å²) in [7, 11) is 0. The van der Waals surface area contributed by atoms with Crippen LogP contribution >= 0.6 is 0 Å². The van der Waals surface area contributed by atoms with Crippen LogP contribution in [-0.4, -0.2) is 33.5 Å². The smallest absolute Gasteiger partial charge is 0.310 e. The van der Waals surface area contributed by atoms with Gasteiger partial charge in [-0.2, -0.15) is 0 Å². The number of aliphatic carboxylic acids is 1. The summed E-state index contributed by atoms with van der Waals surface area (Å²) in [6, 6.07) is 0. The van der Waals surface area contributed by atoms with Gasteiger partial charge in [0.15, 0.2) is 0 Å². The van der Waals surface area contributed by atoms with Gasteiger partial charge in [0, 0.05) is 0 Å². The summed E-state index contributed by atoms with van der Waals surface area (Å²) in [6.07, 6.45) is 9.45. The number of fused-ring (bicyclic) bond motifs is 7. The first-order valence-electron chi connectivity index (χ1n) is 13.9. The van der Waals surface area contributed by atoms with Crippen LogP contribution in [0.3, 0.4) is 0 Å². The molecule has 5 aliphatic rings. The molecule has 0 aromatic heterocycles. The molecule has 0 saturated heterocycles. The highest BCUT2D eigenvalue weighted by molar-refractivity contribution is 5.76. The Hall–Kier alpha value is -0.870. The summed E-state index contributed by atoms with van der Waals surface area (Å²) in [6.45, 7) is 16.3. The van der Waals surface area contributed by atoms with Gasteiger partial charge in [-0.1, -0.05) is 60.1 Å². The largest absolute Gasteiger partial charge is 0.481 e. The molecular weight excluding hydrogens is 424 g/mol. The first-order chi connectivity index (χ1) is 15.6. The van der Waals surface area contributed by atoms with Crippen molar-refractivity contribution in [3.8, 4) is 0 Å². The van der Waals surface area contributed by atoms with Crippen LogP contribution in [0, 0.1) is 50.2 Å². The Balaban J connectivity index is 1.61. The van der Waals surface area contributed by atoms with Gasteiger partial charge in [0.25, 0.3) is 0 Å². The van der Waals surface area contributed by atoms with E-state index in [0.29, 0.717) is 18.3 Å². The molecule has 0 heterocycles. The highest BCUT2D eigenvalue weighted by Gasteiger charge is 2.70. The summed E-state index contributed by atoms with van der Waals surface area (Å²) in [5.74, 6) is 0.365. The van der Waals surface area contributed by atoms with E-state index in [4.69, 9.17) is 0 Å². The Kier molecular flexibility index (Phi) is 5.20. The Morgan fingerprint density at radius 2 is 1.53 bits per heavy atom. The molecule has 0 amide bonds. The van der Waals surface area contributed by atoms with Gasteiger partial charge in [0.2, 0.25) is 0 Å². The van der Waals surface area contributed by atoms with Gasteiger partial charge in [-0.05, 0) is 103 Å². The summed E-state index contributed by atoms with van der Waals surface area (Å²) in [5, 5.41) is 32.4. The summed E-state index contributed by atoms with van der Waals surface area (Å²) < 4.78 is 0. The van der Waals surface area contributed by atoms with Gasteiger partial charge >= 0.3 is 5.97 Å². The minimum atomic E-state index is -0.679. The van der Waals surface area contributed by atoms with Crippen molar-refractivity contribution in [2.24, 2.45) is 50.2 Å². The maximum atomic E-state index is 12.8. The Labute approximate surface area is 206 Å². The number of rotatable bonds is 1. The van der Waals surface area contributed by atoms with Gasteiger partial charge in [-0.15, -0.1) is 0 Å². The topological polar surface area (TPSA) is 77.8 Å². The average Bonchev–Trinajstić information content (AvgIpc) is 2.72. The zero-order valence-corrected chi connectivity index (χ0v) is 22.6. The van der Waals surface area contributed by atoms with Crippen molar-refractivity contribution in [2.45, 2.75) is 118 Å². The predicted octanol–water partition coefficient (Wildman–Crippen LogP) is 6.20.